The average Bonchev–Trinajstić information content (AvgIpc) is 2.68. The molecular formula is C23H23NO. The van der Waals surface area contributed by atoms with E-state index >= 15 is 0 Å². The summed E-state index contributed by atoms with van der Waals surface area (Å²) < 4.78 is 0. The number of carbonyl (C=O) groups is 1. The van der Waals surface area contributed by atoms with Crippen molar-refractivity contribution in [2.75, 3.05) is 6.54 Å². The molecule has 0 radical (unpaired) electrons. The fraction of sp³-hybridized carbons (Fsp3) is 0.174. The summed E-state index contributed by atoms with van der Waals surface area (Å²) in [6, 6.07) is 30.5. The van der Waals surface area contributed by atoms with E-state index in [-0.39, 0.29) is 11.8 Å². The minimum Gasteiger partial charge on any atom is -0.355 e. The van der Waals surface area contributed by atoms with E-state index < -0.39 is 0 Å². The third-order valence-corrected chi connectivity index (χ3v) is 4.36. The van der Waals surface area contributed by atoms with Crippen molar-refractivity contribution in [1.82, 2.24) is 5.32 Å². The first kappa shape index (κ1) is 17.0. The second-order valence-electron chi connectivity index (χ2n) is 6.18. The van der Waals surface area contributed by atoms with Crippen LogP contribution in [0.1, 0.15) is 22.6 Å². The van der Waals surface area contributed by atoms with Crippen LogP contribution in [0.2, 0.25) is 0 Å². The van der Waals surface area contributed by atoms with Crippen LogP contribution in [0.4, 0.5) is 0 Å². The smallest absolute Gasteiger partial charge is 0.227 e. The predicted molar refractivity (Wildman–Crippen MR) is 102 cm³/mol. The molecule has 2 heteroatoms. The van der Waals surface area contributed by atoms with Crippen LogP contribution < -0.4 is 5.32 Å². The van der Waals surface area contributed by atoms with Crippen molar-refractivity contribution in [2.45, 2.75) is 18.8 Å². The lowest BCUT2D eigenvalue weighted by Gasteiger charge is -2.17. The Labute approximate surface area is 149 Å². The Morgan fingerprint density at radius 2 is 1.24 bits per heavy atom. The molecule has 0 heterocycles. The third kappa shape index (κ3) is 5.05. The second-order valence-corrected chi connectivity index (χ2v) is 6.18. The minimum atomic E-state index is -0.167. The van der Waals surface area contributed by atoms with E-state index in [1.54, 1.807) is 0 Å². The minimum absolute atomic E-state index is 0.0889. The Bertz CT molecular complexity index is 769. The van der Waals surface area contributed by atoms with Crippen molar-refractivity contribution in [3.8, 4) is 0 Å². The van der Waals surface area contributed by atoms with Crippen LogP contribution in [0.25, 0.3) is 0 Å². The molecule has 0 aromatic heterocycles. The van der Waals surface area contributed by atoms with Crippen LogP contribution in [0.3, 0.4) is 0 Å². The summed E-state index contributed by atoms with van der Waals surface area (Å²) >= 11 is 0. The van der Waals surface area contributed by atoms with E-state index in [2.05, 4.69) is 29.6 Å². The summed E-state index contributed by atoms with van der Waals surface area (Å²) in [6.07, 6.45) is 1.56. The Morgan fingerprint density at radius 1 is 0.720 bits per heavy atom. The topological polar surface area (TPSA) is 29.1 Å². The number of hydrogen-bond acceptors (Lipinski definition) is 1. The van der Waals surface area contributed by atoms with Gasteiger partial charge in [0.1, 0.15) is 0 Å². The molecule has 1 N–H and O–H groups in total. The maximum Gasteiger partial charge on any atom is 0.227 e. The molecule has 0 aliphatic rings. The number of nitrogens with one attached hydrogen (secondary N) is 1. The zero-order chi connectivity index (χ0) is 17.3. The van der Waals surface area contributed by atoms with Crippen LogP contribution in [0, 0.1) is 0 Å². The molecule has 0 spiro atoms. The summed E-state index contributed by atoms with van der Waals surface area (Å²) in [7, 11) is 0. The maximum absolute atomic E-state index is 12.8. The van der Waals surface area contributed by atoms with Crippen molar-refractivity contribution in [3.05, 3.63) is 108 Å². The highest BCUT2D eigenvalue weighted by Gasteiger charge is 2.20. The van der Waals surface area contributed by atoms with Crippen LogP contribution in [0.5, 0.6) is 0 Å². The third-order valence-electron chi connectivity index (χ3n) is 4.36. The highest BCUT2D eigenvalue weighted by Crippen LogP contribution is 2.21. The molecular weight excluding hydrogens is 306 g/mol. The van der Waals surface area contributed by atoms with E-state index in [4.69, 9.17) is 0 Å². The average molecular weight is 329 g/mol. The van der Waals surface area contributed by atoms with E-state index in [0.29, 0.717) is 13.0 Å². The molecule has 3 aromatic carbocycles. The molecule has 0 bridgehead atoms. The highest BCUT2D eigenvalue weighted by molar-refractivity contribution is 5.84. The molecule has 0 aliphatic carbocycles. The number of benzene rings is 3. The quantitative estimate of drug-likeness (QED) is 0.685. The lowest BCUT2D eigenvalue weighted by molar-refractivity contribution is -0.122. The molecule has 3 aromatic rings. The molecule has 0 unspecified atom stereocenters. The Morgan fingerprint density at radius 3 is 1.84 bits per heavy atom. The Balaban J connectivity index is 1.67. The molecule has 25 heavy (non-hydrogen) atoms. The normalized spacial score (nSPS) is 11.7. The summed E-state index contributed by atoms with van der Waals surface area (Å²) in [5.41, 5.74) is 3.47. The summed E-state index contributed by atoms with van der Waals surface area (Å²) in [5, 5.41) is 3.11. The Hall–Kier alpha value is -2.87. The molecule has 0 fully saturated rings. The van der Waals surface area contributed by atoms with E-state index in [1.165, 1.54) is 11.1 Å². The highest BCUT2D eigenvalue weighted by atomic mass is 16.1. The molecule has 1 amide bonds. The predicted octanol–water partition coefficient (Wildman–Crippen LogP) is 4.37. The van der Waals surface area contributed by atoms with Gasteiger partial charge >= 0.3 is 0 Å². The zero-order valence-electron chi connectivity index (χ0n) is 14.3. The summed E-state index contributed by atoms with van der Waals surface area (Å²) in [5.74, 6) is -0.0784. The zero-order valence-corrected chi connectivity index (χ0v) is 14.3. The fourth-order valence-electron chi connectivity index (χ4n) is 2.99. The number of hydrogen-bond donors (Lipinski definition) is 1. The van der Waals surface area contributed by atoms with Crippen LogP contribution in [-0.2, 0) is 17.6 Å². The summed E-state index contributed by atoms with van der Waals surface area (Å²) in [6.45, 7) is 0.654. The number of rotatable bonds is 7. The number of carbonyl (C=O) groups excluding carboxylic acids is 1. The van der Waals surface area contributed by atoms with Gasteiger partial charge in [0.25, 0.3) is 0 Å². The molecule has 0 saturated carbocycles. The molecule has 1 atom stereocenters. The molecule has 0 aliphatic heterocycles. The molecule has 0 saturated heterocycles. The van der Waals surface area contributed by atoms with Gasteiger partial charge in [-0.2, -0.15) is 0 Å². The van der Waals surface area contributed by atoms with Gasteiger partial charge in [0.15, 0.2) is 0 Å². The monoisotopic (exact) mass is 329 g/mol. The standard InChI is InChI=1S/C23H23NO/c25-23(24-17-16-19-10-4-1-5-11-19)22(21-14-8-3-9-15-21)18-20-12-6-2-7-13-20/h1-15,22H,16-18H2,(H,24,25)/t22-/m0/s1. The largest absolute Gasteiger partial charge is 0.355 e. The van der Waals surface area contributed by atoms with E-state index in [0.717, 1.165) is 12.0 Å². The molecule has 126 valence electrons. The number of amides is 1. The van der Waals surface area contributed by atoms with Gasteiger partial charge in [0.05, 0.1) is 5.92 Å². The van der Waals surface area contributed by atoms with Crippen LogP contribution >= 0.6 is 0 Å². The van der Waals surface area contributed by atoms with Crippen molar-refractivity contribution < 1.29 is 4.79 Å². The molecule has 2 nitrogen and oxygen atoms in total. The van der Waals surface area contributed by atoms with Gasteiger partial charge in [-0.3, -0.25) is 4.79 Å². The first-order chi connectivity index (χ1) is 12.3. The SMILES string of the molecule is O=C(NCCc1ccccc1)[C@@H](Cc1ccccc1)c1ccccc1. The lowest BCUT2D eigenvalue weighted by atomic mass is 9.91. The molecule has 3 rings (SSSR count). The van der Waals surface area contributed by atoms with Crippen molar-refractivity contribution in [3.63, 3.8) is 0 Å². The fourth-order valence-corrected chi connectivity index (χ4v) is 2.99. The van der Waals surface area contributed by atoms with Crippen LogP contribution in [0.15, 0.2) is 91.0 Å². The van der Waals surface area contributed by atoms with E-state index in [1.807, 2.05) is 66.7 Å². The Kier molecular flexibility index (Phi) is 6.00. The van der Waals surface area contributed by atoms with Crippen molar-refractivity contribution in [2.24, 2.45) is 0 Å². The first-order valence-electron chi connectivity index (χ1n) is 8.73. The van der Waals surface area contributed by atoms with Gasteiger partial charge in [-0.25, -0.2) is 0 Å². The second kappa shape index (κ2) is 8.84. The van der Waals surface area contributed by atoms with Crippen molar-refractivity contribution >= 4 is 5.91 Å². The van der Waals surface area contributed by atoms with E-state index in [9.17, 15) is 4.79 Å². The van der Waals surface area contributed by atoms with Gasteiger partial charge in [0, 0.05) is 6.54 Å². The maximum atomic E-state index is 12.8. The lowest BCUT2D eigenvalue weighted by Crippen LogP contribution is -2.32. The van der Waals surface area contributed by atoms with Crippen LogP contribution in [-0.4, -0.2) is 12.5 Å². The van der Waals surface area contributed by atoms with Gasteiger partial charge in [-0.1, -0.05) is 91.0 Å². The van der Waals surface area contributed by atoms with Gasteiger partial charge in [0.2, 0.25) is 5.91 Å². The van der Waals surface area contributed by atoms with Gasteiger partial charge in [-0.15, -0.1) is 0 Å². The van der Waals surface area contributed by atoms with Gasteiger partial charge < -0.3 is 5.32 Å². The first-order valence-corrected chi connectivity index (χ1v) is 8.73. The van der Waals surface area contributed by atoms with Crippen molar-refractivity contribution in [1.29, 1.82) is 0 Å². The van der Waals surface area contributed by atoms with Gasteiger partial charge in [-0.05, 0) is 29.5 Å². The summed E-state index contributed by atoms with van der Waals surface area (Å²) in [4.78, 5) is 12.8.